The van der Waals surface area contributed by atoms with Gasteiger partial charge in [-0.15, -0.1) is 11.3 Å². The molecule has 0 N–H and O–H groups in total. The predicted molar refractivity (Wildman–Crippen MR) is 69.4 cm³/mol. The van der Waals surface area contributed by atoms with Crippen LogP contribution in [0.3, 0.4) is 0 Å². The molecule has 0 aliphatic rings. The third-order valence-electron chi connectivity index (χ3n) is 2.57. The molecule has 0 spiro atoms. The Kier molecular flexibility index (Phi) is 2.49. The van der Waals surface area contributed by atoms with E-state index in [2.05, 4.69) is 32.9 Å². The van der Waals surface area contributed by atoms with Gasteiger partial charge in [-0.05, 0) is 36.1 Å². The molecule has 0 atom stereocenters. The van der Waals surface area contributed by atoms with Gasteiger partial charge in [0.05, 0.1) is 11.9 Å². The van der Waals surface area contributed by atoms with Crippen molar-refractivity contribution in [3.8, 4) is 16.3 Å². The Morgan fingerprint density at radius 3 is 2.71 bits per heavy atom. The molecule has 3 nitrogen and oxygen atoms in total. The second kappa shape index (κ2) is 4.14. The first kappa shape index (κ1) is 10.2. The zero-order chi connectivity index (χ0) is 11.7. The van der Waals surface area contributed by atoms with E-state index in [0.29, 0.717) is 0 Å². The van der Waals surface area contributed by atoms with Crippen molar-refractivity contribution in [2.45, 2.75) is 6.92 Å². The van der Waals surface area contributed by atoms with Gasteiger partial charge in [0.1, 0.15) is 11.3 Å². The fraction of sp³-hybridized carbons (Fsp3) is 0.0769. The summed E-state index contributed by atoms with van der Waals surface area (Å²) in [5, 5.41) is 3.33. The molecule has 0 amide bonds. The molecule has 0 aliphatic carbocycles. The Morgan fingerprint density at radius 1 is 1.18 bits per heavy atom. The minimum atomic E-state index is 1.09. The minimum absolute atomic E-state index is 1.09. The highest BCUT2D eigenvalue weighted by Gasteiger charge is 2.07. The minimum Gasteiger partial charge on any atom is -0.290 e. The SMILES string of the molecule is Cc1csc(-n2cncc2-c2ccncc2)c1. The molecule has 0 aliphatic heterocycles. The molecule has 3 aromatic heterocycles. The summed E-state index contributed by atoms with van der Waals surface area (Å²) in [6.07, 6.45) is 7.32. The lowest BCUT2D eigenvalue weighted by atomic mass is 10.2. The van der Waals surface area contributed by atoms with Gasteiger partial charge in [-0.25, -0.2) is 4.98 Å². The number of thiophene rings is 1. The monoisotopic (exact) mass is 241 g/mol. The molecule has 0 fully saturated rings. The zero-order valence-electron chi connectivity index (χ0n) is 9.37. The van der Waals surface area contributed by atoms with E-state index in [1.807, 2.05) is 24.7 Å². The number of aromatic nitrogens is 3. The molecular weight excluding hydrogens is 230 g/mol. The van der Waals surface area contributed by atoms with E-state index < -0.39 is 0 Å². The summed E-state index contributed by atoms with van der Waals surface area (Å²) >= 11 is 1.72. The fourth-order valence-corrected chi connectivity index (χ4v) is 2.64. The van der Waals surface area contributed by atoms with Crippen molar-refractivity contribution in [3.05, 3.63) is 54.1 Å². The van der Waals surface area contributed by atoms with Crippen LogP contribution in [0.5, 0.6) is 0 Å². The van der Waals surface area contributed by atoms with Gasteiger partial charge in [0.2, 0.25) is 0 Å². The summed E-state index contributed by atoms with van der Waals surface area (Å²) in [5.74, 6) is 0. The van der Waals surface area contributed by atoms with E-state index in [1.54, 1.807) is 23.7 Å². The van der Waals surface area contributed by atoms with Crippen molar-refractivity contribution in [1.29, 1.82) is 0 Å². The highest BCUT2D eigenvalue weighted by molar-refractivity contribution is 7.12. The first-order chi connectivity index (χ1) is 8.34. The van der Waals surface area contributed by atoms with Gasteiger partial charge in [0.15, 0.2) is 0 Å². The molecular formula is C13H11N3S. The van der Waals surface area contributed by atoms with Crippen LogP contribution in [-0.4, -0.2) is 14.5 Å². The lowest BCUT2D eigenvalue weighted by molar-refractivity contribution is 1.09. The summed E-state index contributed by atoms with van der Waals surface area (Å²) in [6.45, 7) is 2.10. The quantitative estimate of drug-likeness (QED) is 0.689. The third-order valence-corrected chi connectivity index (χ3v) is 3.61. The van der Waals surface area contributed by atoms with Crippen molar-refractivity contribution >= 4 is 11.3 Å². The van der Waals surface area contributed by atoms with Crippen LogP contribution in [0, 0.1) is 6.92 Å². The number of rotatable bonds is 2. The molecule has 3 aromatic rings. The van der Waals surface area contributed by atoms with Gasteiger partial charge < -0.3 is 0 Å². The largest absolute Gasteiger partial charge is 0.290 e. The van der Waals surface area contributed by atoms with E-state index in [1.165, 1.54) is 10.6 Å². The van der Waals surface area contributed by atoms with E-state index in [0.717, 1.165) is 11.3 Å². The Bertz CT molecular complexity index is 625. The molecule has 17 heavy (non-hydrogen) atoms. The second-order valence-electron chi connectivity index (χ2n) is 3.85. The van der Waals surface area contributed by atoms with Crippen LogP contribution in [0.1, 0.15) is 5.56 Å². The van der Waals surface area contributed by atoms with Crippen molar-refractivity contribution < 1.29 is 0 Å². The summed E-state index contributed by atoms with van der Waals surface area (Å²) in [7, 11) is 0. The molecule has 0 saturated heterocycles. The standard InChI is InChI=1S/C13H11N3S/c1-10-6-13(17-8-10)16-9-15-7-12(16)11-2-4-14-5-3-11/h2-9H,1H3. The number of hydrogen-bond acceptors (Lipinski definition) is 3. The lowest BCUT2D eigenvalue weighted by Crippen LogP contribution is -1.91. The van der Waals surface area contributed by atoms with Gasteiger partial charge in [-0.2, -0.15) is 0 Å². The van der Waals surface area contributed by atoms with Gasteiger partial charge in [0, 0.05) is 18.0 Å². The Morgan fingerprint density at radius 2 is 2.00 bits per heavy atom. The van der Waals surface area contributed by atoms with E-state index in [4.69, 9.17) is 0 Å². The summed E-state index contributed by atoms with van der Waals surface area (Å²) in [6, 6.07) is 6.15. The van der Waals surface area contributed by atoms with Crippen LogP contribution in [0.4, 0.5) is 0 Å². The zero-order valence-corrected chi connectivity index (χ0v) is 10.2. The molecule has 0 unspecified atom stereocenters. The lowest BCUT2D eigenvalue weighted by Gasteiger charge is -2.04. The topological polar surface area (TPSA) is 30.7 Å². The Labute approximate surface area is 103 Å². The number of pyridine rings is 1. The fourth-order valence-electron chi connectivity index (χ4n) is 1.75. The number of imidazole rings is 1. The molecule has 4 heteroatoms. The van der Waals surface area contributed by atoms with Crippen molar-refractivity contribution in [3.63, 3.8) is 0 Å². The summed E-state index contributed by atoms with van der Waals surface area (Å²) in [4.78, 5) is 8.27. The Hall–Kier alpha value is -1.94. The van der Waals surface area contributed by atoms with Crippen molar-refractivity contribution in [1.82, 2.24) is 14.5 Å². The van der Waals surface area contributed by atoms with Crippen molar-refractivity contribution in [2.24, 2.45) is 0 Å². The maximum Gasteiger partial charge on any atom is 0.101 e. The van der Waals surface area contributed by atoms with E-state index in [-0.39, 0.29) is 0 Å². The molecule has 3 heterocycles. The highest BCUT2D eigenvalue weighted by Crippen LogP contribution is 2.25. The molecule has 84 valence electrons. The van der Waals surface area contributed by atoms with Crippen molar-refractivity contribution in [2.75, 3.05) is 0 Å². The Balaban J connectivity index is 2.12. The van der Waals surface area contributed by atoms with Gasteiger partial charge in [-0.3, -0.25) is 9.55 Å². The normalized spacial score (nSPS) is 10.6. The van der Waals surface area contributed by atoms with Gasteiger partial charge >= 0.3 is 0 Å². The second-order valence-corrected chi connectivity index (χ2v) is 4.74. The summed E-state index contributed by atoms with van der Waals surface area (Å²) < 4.78 is 2.10. The number of hydrogen-bond donors (Lipinski definition) is 0. The van der Waals surface area contributed by atoms with Crippen LogP contribution in [0.15, 0.2) is 48.5 Å². The van der Waals surface area contributed by atoms with Crippen LogP contribution in [0.2, 0.25) is 0 Å². The van der Waals surface area contributed by atoms with Crippen LogP contribution < -0.4 is 0 Å². The molecule has 0 bridgehead atoms. The first-order valence-corrected chi connectivity index (χ1v) is 6.21. The number of aryl methyl sites for hydroxylation is 1. The summed E-state index contributed by atoms with van der Waals surface area (Å²) in [5.41, 5.74) is 3.50. The van der Waals surface area contributed by atoms with Crippen LogP contribution in [-0.2, 0) is 0 Å². The molecule has 3 rings (SSSR count). The maximum atomic E-state index is 4.23. The first-order valence-electron chi connectivity index (χ1n) is 5.33. The molecule has 0 saturated carbocycles. The smallest absolute Gasteiger partial charge is 0.101 e. The van der Waals surface area contributed by atoms with Crippen LogP contribution >= 0.6 is 11.3 Å². The third kappa shape index (κ3) is 1.87. The average Bonchev–Trinajstić information content (AvgIpc) is 2.98. The maximum absolute atomic E-state index is 4.23. The van der Waals surface area contributed by atoms with E-state index in [9.17, 15) is 0 Å². The predicted octanol–water partition coefficient (Wildman–Crippen LogP) is 3.30. The van der Waals surface area contributed by atoms with Crippen LogP contribution in [0.25, 0.3) is 16.3 Å². The average molecular weight is 241 g/mol. The van der Waals surface area contributed by atoms with Gasteiger partial charge in [0.25, 0.3) is 0 Å². The molecule has 0 aromatic carbocycles. The van der Waals surface area contributed by atoms with E-state index >= 15 is 0 Å². The molecule has 0 radical (unpaired) electrons. The van der Waals surface area contributed by atoms with Gasteiger partial charge in [-0.1, -0.05) is 0 Å². The number of nitrogens with zero attached hydrogens (tertiary/aromatic N) is 3. The highest BCUT2D eigenvalue weighted by atomic mass is 32.1.